The van der Waals surface area contributed by atoms with Gasteiger partial charge in [-0.05, 0) is 37.4 Å². The minimum atomic E-state index is -0.323. The van der Waals surface area contributed by atoms with E-state index in [-0.39, 0.29) is 23.0 Å². The number of hydrogen-bond donors (Lipinski definition) is 1. The van der Waals surface area contributed by atoms with Crippen molar-refractivity contribution in [1.82, 2.24) is 5.32 Å². The van der Waals surface area contributed by atoms with Crippen LogP contribution in [0.5, 0.6) is 0 Å². The van der Waals surface area contributed by atoms with Crippen LogP contribution in [0, 0.1) is 11.7 Å². The van der Waals surface area contributed by atoms with E-state index in [1.54, 1.807) is 18.2 Å². The van der Waals surface area contributed by atoms with E-state index < -0.39 is 0 Å². The van der Waals surface area contributed by atoms with Crippen molar-refractivity contribution in [1.29, 1.82) is 0 Å². The predicted octanol–water partition coefficient (Wildman–Crippen LogP) is 4.06. The van der Waals surface area contributed by atoms with Crippen LogP contribution in [0.3, 0.4) is 0 Å². The van der Waals surface area contributed by atoms with Gasteiger partial charge in [0.25, 0.3) is 0 Å². The second-order valence-corrected chi connectivity index (χ2v) is 5.65. The lowest BCUT2D eigenvalue weighted by Crippen LogP contribution is -2.45. The molecule has 0 saturated carbocycles. The van der Waals surface area contributed by atoms with Gasteiger partial charge in [-0.3, -0.25) is 0 Å². The summed E-state index contributed by atoms with van der Waals surface area (Å²) < 4.78 is 19.9. The summed E-state index contributed by atoms with van der Waals surface area (Å²) in [6.45, 7) is 9.76. The molecule has 0 aliphatic carbocycles. The summed E-state index contributed by atoms with van der Waals surface area (Å²) in [4.78, 5) is 0. The first kappa shape index (κ1) is 17.4. The van der Waals surface area contributed by atoms with Crippen LogP contribution in [0.15, 0.2) is 18.2 Å². The van der Waals surface area contributed by atoms with Crippen molar-refractivity contribution in [2.75, 3.05) is 13.2 Å². The minimum Gasteiger partial charge on any atom is -0.377 e. The van der Waals surface area contributed by atoms with Crippen molar-refractivity contribution < 1.29 is 9.13 Å². The number of ether oxygens (including phenoxy) is 1. The molecule has 1 aromatic carbocycles. The quantitative estimate of drug-likeness (QED) is 0.782. The van der Waals surface area contributed by atoms with Crippen LogP contribution in [0.2, 0.25) is 5.02 Å². The molecule has 20 heavy (non-hydrogen) atoms. The number of nitrogens with one attached hydrogen (secondary N) is 1. The van der Waals surface area contributed by atoms with Crippen LogP contribution in [0.1, 0.15) is 33.3 Å². The number of rotatable bonds is 8. The van der Waals surface area contributed by atoms with Crippen molar-refractivity contribution in [2.45, 2.75) is 46.3 Å². The average Bonchev–Trinajstić information content (AvgIpc) is 2.40. The van der Waals surface area contributed by atoms with E-state index in [1.165, 1.54) is 0 Å². The zero-order valence-electron chi connectivity index (χ0n) is 12.7. The molecule has 0 bridgehead atoms. The molecule has 114 valence electrons. The molecular weight excluding hydrogens is 277 g/mol. The van der Waals surface area contributed by atoms with E-state index in [4.69, 9.17) is 16.3 Å². The van der Waals surface area contributed by atoms with Gasteiger partial charge in [-0.2, -0.15) is 0 Å². The van der Waals surface area contributed by atoms with Gasteiger partial charge in [0.1, 0.15) is 5.82 Å². The third kappa shape index (κ3) is 4.72. The van der Waals surface area contributed by atoms with Gasteiger partial charge >= 0.3 is 0 Å². The highest BCUT2D eigenvalue weighted by molar-refractivity contribution is 6.30. The van der Waals surface area contributed by atoms with Gasteiger partial charge in [-0.1, -0.05) is 44.5 Å². The van der Waals surface area contributed by atoms with Gasteiger partial charge in [-0.15, -0.1) is 0 Å². The lowest BCUT2D eigenvalue weighted by molar-refractivity contribution is 0.00379. The molecule has 1 rings (SSSR count). The number of likely N-dealkylation sites (N-methyl/N-ethyl adjacent to an activating group) is 1. The fraction of sp³-hybridized carbons (Fsp3) is 0.625. The SMILES string of the molecule is CCNC(Cc1cccc(Cl)c1F)C(OCC)C(C)C. The molecular formula is C16H25ClFNO. The van der Waals surface area contributed by atoms with Crippen LogP contribution in [-0.2, 0) is 11.2 Å². The molecule has 0 radical (unpaired) electrons. The molecule has 2 nitrogen and oxygen atoms in total. The summed E-state index contributed by atoms with van der Waals surface area (Å²) in [6.07, 6.45) is 0.627. The lowest BCUT2D eigenvalue weighted by atomic mass is 9.93. The van der Waals surface area contributed by atoms with Gasteiger partial charge in [0.15, 0.2) is 0 Å². The molecule has 0 heterocycles. The Morgan fingerprint density at radius 2 is 2.00 bits per heavy atom. The summed E-state index contributed by atoms with van der Waals surface area (Å²) in [7, 11) is 0. The first-order valence-electron chi connectivity index (χ1n) is 7.29. The van der Waals surface area contributed by atoms with Crippen LogP contribution < -0.4 is 5.32 Å². The fourth-order valence-electron chi connectivity index (χ4n) is 2.48. The van der Waals surface area contributed by atoms with E-state index in [1.807, 2.05) is 13.8 Å². The Bertz CT molecular complexity index is 411. The van der Waals surface area contributed by atoms with Crippen LogP contribution in [-0.4, -0.2) is 25.3 Å². The van der Waals surface area contributed by atoms with Gasteiger partial charge in [0, 0.05) is 12.6 Å². The summed E-state index contributed by atoms with van der Waals surface area (Å²) in [6, 6.07) is 5.22. The minimum absolute atomic E-state index is 0.0540. The molecule has 0 amide bonds. The van der Waals surface area contributed by atoms with Crippen molar-refractivity contribution in [3.8, 4) is 0 Å². The second-order valence-electron chi connectivity index (χ2n) is 5.25. The van der Waals surface area contributed by atoms with Crippen molar-refractivity contribution in [3.05, 3.63) is 34.6 Å². The van der Waals surface area contributed by atoms with Gasteiger partial charge in [-0.25, -0.2) is 4.39 Å². The van der Waals surface area contributed by atoms with Gasteiger partial charge in [0.2, 0.25) is 0 Å². The molecule has 0 aromatic heterocycles. The Labute approximate surface area is 126 Å². The van der Waals surface area contributed by atoms with Crippen molar-refractivity contribution in [3.63, 3.8) is 0 Å². The molecule has 0 aliphatic rings. The molecule has 2 atom stereocenters. The highest BCUT2D eigenvalue weighted by Crippen LogP contribution is 2.22. The molecule has 1 aromatic rings. The Hall–Kier alpha value is -0.640. The predicted molar refractivity (Wildman–Crippen MR) is 82.8 cm³/mol. The van der Waals surface area contributed by atoms with Crippen molar-refractivity contribution >= 4 is 11.6 Å². The van der Waals surface area contributed by atoms with E-state index in [2.05, 4.69) is 19.2 Å². The van der Waals surface area contributed by atoms with E-state index in [0.29, 0.717) is 24.5 Å². The fourth-order valence-corrected chi connectivity index (χ4v) is 2.67. The monoisotopic (exact) mass is 301 g/mol. The zero-order chi connectivity index (χ0) is 15.1. The molecule has 0 fully saturated rings. The summed E-state index contributed by atoms with van der Waals surface area (Å²) in [5.41, 5.74) is 0.633. The topological polar surface area (TPSA) is 21.3 Å². The van der Waals surface area contributed by atoms with Crippen molar-refractivity contribution in [2.24, 2.45) is 5.92 Å². The summed E-state index contributed by atoms with van der Waals surface area (Å²) in [5.74, 6) is 0.0392. The Kier molecular flexibility index (Phi) is 7.49. The zero-order valence-corrected chi connectivity index (χ0v) is 13.5. The molecule has 0 aliphatic heterocycles. The third-order valence-electron chi connectivity index (χ3n) is 3.35. The maximum Gasteiger partial charge on any atom is 0.145 e. The highest BCUT2D eigenvalue weighted by atomic mass is 35.5. The standard InChI is InChI=1S/C16H25ClFNO/c1-5-19-14(16(11(3)4)20-6-2)10-12-8-7-9-13(17)15(12)18/h7-9,11,14,16,19H,5-6,10H2,1-4H3. The summed E-state index contributed by atoms with van der Waals surface area (Å²) in [5, 5.41) is 3.59. The smallest absolute Gasteiger partial charge is 0.145 e. The molecule has 0 spiro atoms. The average molecular weight is 302 g/mol. The maximum absolute atomic E-state index is 14.1. The summed E-state index contributed by atoms with van der Waals surface area (Å²) >= 11 is 5.85. The molecule has 1 N–H and O–H groups in total. The Balaban J connectivity index is 2.92. The molecule has 2 unspecified atom stereocenters. The lowest BCUT2D eigenvalue weighted by Gasteiger charge is -2.31. The first-order chi connectivity index (χ1) is 9.51. The van der Waals surface area contributed by atoms with Gasteiger partial charge < -0.3 is 10.1 Å². The van der Waals surface area contributed by atoms with Crippen LogP contribution >= 0.6 is 11.6 Å². The normalized spacial score (nSPS) is 14.6. The van der Waals surface area contributed by atoms with Crippen LogP contribution in [0.4, 0.5) is 4.39 Å². The molecule has 4 heteroatoms. The second kappa shape index (κ2) is 8.60. The van der Waals surface area contributed by atoms with E-state index >= 15 is 0 Å². The Morgan fingerprint density at radius 1 is 1.30 bits per heavy atom. The van der Waals surface area contributed by atoms with E-state index in [9.17, 15) is 4.39 Å². The van der Waals surface area contributed by atoms with Crippen LogP contribution in [0.25, 0.3) is 0 Å². The highest BCUT2D eigenvalue weighted by Gasteiger charge is 2.25. The number of benzene rings is 1. The van der Waals surface area contributed by atoms with E-state index in [0.717, 1.165) is 6.54 Å². The largest absolute Gasteiger partial charge is 0.377 e. The Morgan fingerprint density at radius 3 is 2.55 bits per heavy atom. The van der Waals surface area contributed by atoms with Gasteiger partial charge in [0.05, 0.1) is 11.1 Å². The molecule has 0 saturated heterocycles. The maximum atomic E-state index is 14.1. The first-order valence-corrected chi connectivity index (χ1v) is 7.66. The third-order valence-corrected chi connectivity index (χ3v) is 3.64. The number of hydrogen-bond acceptors (Lipinski definition) is 2. The number of halogens is 2.